The van der Waals surface area contributed by atoms with Gasteiger partial charge in [-0.15, -0.1) is 6.58 Å². The van der Waals surface area contributed by atoms with E-state index < -0.39 is 0 Å². The fraction of sp³-hybridized carbons (Fsp3) is 0.111. The number of anilines is 1. The number of fused-ring (bicyclic) bond motifs is 3. The van der Waals surface area contributed by atoms with Crippen molar-refractivity contribution in [1.29, 1.82) is 0 Å². The quantitative estimate of drug-likeness (QED) is 0.220. The molecule has 3 aromatic carbocycles. The molecule has 3 heterocycles. The summed E-state index contributed by atoms with van der Waals surface area (Å²) < 4.78 is 17.3. The first-order valence-electron chi connectivity index (χ1n) is 11.2. The summed E-state index contributed by atoms with van der Waals surface area (Å²) in [5.74, 6) is 3.20. The van der Waals surface area contributed by atoms with Gasteiger partial charge in [-0.05, 0) is 48.2 Å². The molecule has 180 valence electrons. The van der Waals surface area contributed by atoms with Gasteiger partial charge < -0.3 is 19.1 Å². The third kappa shape index (κ3) is 3.81. The summed E-state index contributed by atoms with van der Waals surface area (Å²) in [5, 5.41) is 1.45. The number of methoxy groups -OCH3 is 1. The van der Waals surface area contributed by atoms with Crippen LogP contribution in [0.25, 0.3) is 0 Å². The number of amidine groups is 1. The predicted molar refractivity (Wildman–Crippen MR) is 144 cm³/mol. The highest BCUT2D eigenvalue weighted by Crippen LogP contribution is 2.51. The first-order chi connectivity index (χ1) is 17.6. The number of aliphatic imine (C=N–C) groups is 1. The number of benzene rings is 3. The molecule has 6 rings (SSSR count). The minimum absolute atomic E-state index is 0.0979. The standard InChI is InChI=1S/C27H21N3O4S2/c1-4-13-30-25(31)24(26-29(2)18-15-17(32-3)10-12-23(18)35-26)36-27(30)28-16-9-11-21-22(14-16)34-20-8-6-5-7-19(20)33-21/h4-12,14-15H,1,13H2,2-3H3. The number of thioether (sulfide) groups is 2. The van der Waals surface area contributed by atoms with E-state index in [-0.39, 0.29) is 5.91 Å². The summed E-state index contributed by atoms with van der Waals surface area (Å²) in [6.45, 7) is 4.18. The van der Waals surface area contributed by atoms with Gasteiger partial charge in [-0.1, -0.05) is 30.0 Å². The number of carbonyl (C=O) groups is 1. The minimum atomic E-state index is -0.0979. The Kier molecular flexibility index (Phi) is 5.66. The molecule has 0 unspecified atom stereocenters. The molecule has 3 aromatic rings. The Morgan fingerprint density at radius 3 is 2.50 bits per heavy atom. The smallest absolute Gasteiger partial charge is 0.269 e. The normalized spacial score (nSPS) is 18.9. The lowest BCUT2D eigenvalue weighted by atomic mass is 10.2. The number of carbonyl (C=O) groups excluding carboxylic acids is 1. The third-order valence-corrected chi connectivity index (χ3v) is 8.28. The maximum Gasteiger partial charge on any atom is 0.269 e. The van der Waals surface area contributed by atoms with Crippen molar-refractivity contribution in [1.82, 2.24) is 4.90 Å². The Labute approximate surface area is 217 Å². The van der Waals surface area contributed by atoms with E-state index in [0.717, 1.165) is 21.4 Å². The van der Waals surface area contributed by atoms with Crippen LogP contribution in [-0.2, 0) is 4.79 Å². The first kappa shape index (κ1) is 22.6. The number of amides is 1. The van der Waals surface area contributed by atoms with Crippen molar-refractivity contribution in [2.24, 2.45) is 4.99 Å². The molecular formula is C27H21N3O4S2. The Morgan fingerprint density at radius 2 is 1.75 bits per heavy atom. The van der Waals surface area contributed by atoms with Crippen LogP contribution in [-0.4, -0.2) is 36.7 Å². The Bertz CT molecular complexity index is 1480. The Balaban J connectivity index is 1.34. The molecule has 0 atom stereocenters. The number of para-hydroxylation sites is 2. The van der Waals surface area contributed by atoms with E-state index in [1.807, 2.05) is 72.6 Å². The predicted octanol–water partition coefficient (Wildman–Crippen LogP) is 6.75. The van der Waals surface area contributed by atoms with Crippen LogP contribution in [0, 0.1) is 0 Å². The molecule has 3 aliphatic heterocycles. The molecule has 3 aliphatic rings. The zero-order chi connectivity index (χ0) is 24.8. The van der Waals surface area contributed by atoms with Gasteiger partial charge in [0.25, 0.3) is 5.91 Å². The fourth-order valence-electron chi connectivity index (χ4n) is 4.06. The minimum Gasteiger partial charge on any atom is -0.497 e. The number of hydrogen-bond acceptors (Lipinski definition) is 8. The third-order valence-electron chi connectivity index (χ3n) is 5.85. The summed E-state index contributed by atoms with van der Waals surface area (Å²) in [5.41, 5.74) is 1.66. The van der Waals surface area contributed by atoms with Crippen LogP contribution < -0.4 is 19.1 Å². The monoisotopic (exact) mass is 515 g/mol. The summed E-state index contributed by atoms with van der Waals surface area (Å²) in [6.07, 6.45) is 1.70. The molecule has 0 aliphatic carbocycles. The van der Waals surface area contributed by atoms with Crippen molar-refractivity contribution in [2.45, 2.75) is 4.90 Å². The SMILES string of the molecule is C=CCN1C(=O)C(=C2Sc3ccc(OC)cc3N2C)SC1=Nc1ccc2c(c1)Oc1ccccc1O2. The van der Waals surface area contributed by atoms with Crippen molar-refractivity contribution in [3.63, 3.8) is 0 Å². The topological polar surface area (TPSA) is 63.6 Å². The van der Waals surface area contributed by atoms with Gasteiger partial charge in [-0.25, -0.2) is 4.99 Å². The molecule has 0 N–H and O–H groups in total. The van der Waals surface area contributed by atoms with Gasteiger partial charge in [-0.3, -0.25) is 9.69 Å². The largest absolute Gasteiger partial charge is 0.497 e. The maximum absolute atomic E-state index is 13.5. The second kappa shape index (κ2) is 9.00. The first-order valence-corrected chi connectivity index (χ1v) is 12.8. The van der Waals surface area contributed by atoms with Crippen LogP contribution in [0.5, 0.6) is 28.7 Å². The van der Waals surface area contributed by atoms with E-state index in [4.69, 9.17) is 19.2 Å². The lowest BCUT2D eigenvalue weighted by molar-refractivity contribution is -0.121. The van der Waals surface area contributed by atoms with E-state index in [1.165, 1.54) is 11.8 Å². The van der Waals surface area contributed by atoms with E-state index in [2.05, 4.69) is 6.58 Å². The van der Waals surface area contributed by atoms with Gasteiger partial charge in [0.2, 0.25) is 0 Å². The van der Waals surface area contributed by atoms with E-state index in [0.29, 0.717) is 45.3 Å². The molecule has 0 saturated carbocycles. The molecule has 0 aromatic heterocycles. The highest BCUT2D eigenvalue weighted by atomic mass is 32.2. The maximum atomic E-state index is 13.5. The average molecular weight is 516 g/mol. The van der Waals surface area contributed by atoms with Crippen LogP contribution >= 0.6 is 23.5 Å². The number of nitrogens with zero attached hydrogens (tertiary/aromatic N) is 3. The van der Waals surface area contributed by atoms with Gasteiger partial charge >= 0.3 is 0 Å². The van der Waals surface area contributed by atoms with E-state index in [1.54, 1.807) is 29.8 Å². The van der Waals surface area contributed by atoms with E-state index >= 15 is 0 Å². The summed E-state index contributed by atoms with van der Waals surface area (Å²) in [7, 11) is 3.60. The van der Waals surface area contributed by atoms with Crippen molar-refractivity contribution in [3.05, 3.63) is 83.3 Å². The van der Waals surface area contributed by atoms with Gasteiger partial charge in [0.1, 0.15) is 10.7 Å². The molecular weight excluding hydrogens is 494 g/mol. The second-order valence-corrected chi connectivity index (χ2v) is 10.1. The van der Waals surface area contributed by atoms with Crippen LogP contribution in [0.4, 0.5) is 11.4 Å². The zero-order valence-corrected chi connectivity index (χ0v) is 21.2. The molecule has 1 saturated heterocycles. The highest BCUT2D eigenvalue weighted by molar-refractivity contribution is 8.19. The van der Waals surface area contributed by atoms with Crippen molar-refractivity contribution >= 4 is 46.0 Å². The number of ether oxygens (including phenoxy) is 3. The lowest BCUT2D eigenvalue weighted by Gasteiger charge is -2.20. The molecule has 0 bridgehead atoms. The van der Waals surface area contributed by atoms with Crippen molar-refractivity contribution in [2.75, 3.05) is 25.6 Å². The van der Waals surface area contributed by atoms with Crippen LogP contribution in [0.2, 0.25) is 0 Å². The molecule has 1 fully saturated rings. The molecule has 0 spiro atoms. The van der Waals surface area contributed by atoms with Crippen LogP contribution in [0.3, 0.4) is 0 Å². The summed E-state index contributed by atoms with van der Waals surface area (Å²) in [4.78, 5) is 23.7. The van der Waals surface area contributed by atoms with Gasteiger partial charge in [-0.2, -0.15) is 0 Å². The van der Waals surface area contributed by atoms with Crippen LogP contribution in [0.1, 0.15) is 0 Å². The van der Waals surface area contributed by atoms with Crippen molar-refractivity contribution in [3.8, 4) is 28.7 Å². The molecule has 0 radical (unpaired) electrons. The number of hydrogen-bond donors (Lipinski definition) is 0. The highest BCUT2D eigenvalue weighted by Gasteiger charge is 2.39. The lowest BCUT2D eigenvalue weighted by Crippen LogP contribution is -2.29. The second-order valence-electron chi connectivity index (χ2n) is 8.11. The Hall–Kier alpha value is -3.82. The van der Waals surface area contributed by atoms with Gasteiger partial charge in [0, 0.05) is 30.6 Å². The van der Waals surface area contributed by atoms with Crippen molar-refractivity contribution < 1.29 is 19.0 Å². The zero-order valence-electron chi connectivity index (χ0n) is 19.6. The molecule has 9 heteroatoms. The van der Waals surface area contributed by atoms with E-state index in [9.17, 15) is 4.79 Å². The number of rotatable bonds is 4. The summed E-state index contributed by atoms with van der Waals surface area (Å²) in [6, 6.07) is 18.9. The Morgan fingerprint density at radius 1 is 1.00 bits per heavy atom. The van der Waals surface area contributed by atoms with Gasteiger partial charge in [0.15, 0.2) is 28.2 Å². The molecule has 36 heavy (non-hydrogen) atoms. The summed E-state index contributed by atoms with van der Waals surface area (Å²) >= 11 is 2.93. The molecule has 7 nitrogen and oxygen atoms in total. The van der Waals surface area contributed by atoms with Crippen LogP contribution in [0.15, 0.2) is 93.1 Å². The average Bonchev–Trinajstić information content (AvgIpc) is 3.38. The molecule has 1 amide bonds. The fourth-order valence-corrected chi connectivity index (χ4v) is 6.39. The van der Waals surface area contributed by atoms with Gasteiger partial charge in [0.05, 0.1) is 23.5 Å².